The second-order valence-electron chi connectivity index (χ2n) is 9.67. The van der Waals surface area contributed by atoms with Crippen molar-refractivity contribution in [3.8, 4) is 5.75 Å². The van der Waals surface area contributed by atoms with Crippen LogP contribution in [0.25, 0.3) is 32.4 Å². The molecule has 200 valence electrons. The SMILES string of the molecule is O=C(Oc1c(CO)[nH]c2ccc3cc4ccccc4cc3c12)[C@@H]1O[C@@](O)(CO)[C@H](O)[C@H]1OCc1ccccc1. The standard InChI is InChI=1S/C30H27NO8/c32-14-23-25(24-21-13-19-9-5-4-8-18(19)12-20(21)10-11-22(24)31-23)38-29(35)27-26(28(34)30(36,16-33)39-27)37-15-17-6-2-1-3-7-17/h1-13,26-28,31-34,36H,14-16H2/t26-,27+,28+,30-/m0/s1. The van der Waals surface area contributed by atoms with Crippen LogP contribution >= 0.6 is 0 Å². The topological polar surface area (TPSA) is 141 Å². The fraction of sp³-hybridized carbons (Fsp3) is 0.233. The molecule has 1 aliphatic rings. The highest BCUT2D eigenvalue weighted by atomic mass is 16.7. The third kappa shape index (κ3) is 4.45. The zero-order valence-electron chi connectivity index (χ0n) is 20.8. The Morgan fingerprint density at radius 3 is 2.38 bits per heavy atom. The van der Waals surface area contributed by atoms with Gasteiger partial charge in [0.15, 0.2) is 11.9 Å². The van der Waals surface area contributed by atoms with Crippen molar-refractivity contribution in [2.75, 3.05) is 6.61 Å². The highest BCUT2D eigenvalue weighted by molar-refractivity contribution is 6.14. The number of benzene rings is 4. The molecule has 4 aromatic carbocycles. The number of carbonyl (C=O) groups is 1. The number of aromatic nitrogens is 1. The third-order valence-electron chi connectivity index (χ3n) is 7.18. The molecule has 1 aromatic heterocycles. The lowest BCUT2D eigenvalue weighted by atomic mass is 10.0. The van der Waals surface area contributed by atoms with Crippen molar-refractivity contribution in [1.82, 2.24) is 4.98 Å². The van der Waals surface area contributed by atoms with Gasteiger partial charge in [-0.2, -0.15) is 0 Å². The number of ether oxygens (including phenoxy) is 3. The summed E-state index contributed by atoms with van der Waals surface area (Å²) >= 11 is 0. The van der Waals surface area contributed by atoms with Gasteiger partial charge in [-0.3, -0.25) is 0 Å². The molecule has 39 heavy (non-hydrogen) atoms. The Morgan fingerprint density at radius 1 is 0.949 bits per heavy atom. The van der Waals surface area contributed by atoms with E-state index >= 15 is 0 Å². The summed E-state index contributed by atoms with van der Waals surface area (Å²) in [5.74, 6) is -3.26. The predicted molar refractivity (Wildman–Crippen MR) is 143 cm³/mol. The van der Waals surface area contributed by atoms with Crippen LogP contribution in [-0.4, -0.2) is 62.1 Å². The van der Waals surface area contributed by atoms with Gasteiger partial charge < -0.3 is 39.6 Å². The minimum Gasteiger partial charge on any atom is -0.422 e. The first-order chi connectivity index (χ1) is 18.9. The summed E-state index contributed by atoms with van der Waals surface area (Å²) in [5.41, 5.74) is 1.70. The van der Waals surface area contributed by atoms with E-state index in [9.17, 15) is 25.2 Å². The van der Waals surface area contributed by atoms with Crippen LogP contribution in [0.3, 0.4) is 0 Å². The molecule has 0 saturated carbocycles. The molecule has 9 nitrogen and oxygen atoms in total. The van der Waals surface area contributed by atoms with Gasteiger partial charge in [0.05, 0.1) is 36.4 Å². The smallest absolute Gasteiger partial charge is 0.343 e. The molecule has 0 aliphatic carbocycles. The first-order valence-electron chi connectivity index (χ1n) is 12.5. The van der Waals surface area contributed by atoms with Gasteiger partial charge in [0, 0.05) is 0 Å². The summed E-state index contributed by atoms with van der Waals surface area (Å²) in [6.07, 6.45) is -4.62. The Balaban J connectivity index is 1.38. The predicted octanol–water partition coefficient (Wildman–Crippen LogP) is 2.90. The van der Waals surface area contributed by atoms with Crippen LogP contribution in [0.4, 0.5) is 0 Å². The first kappa shape index (κ1) is 25.4. The molecule has 5 aromatic rings. The largest absolute Gasteiger partial charge is 0.422 e. The van der Waals surface area contributed by atoms with E-state index in [1.807, 2.05) is 78.9 Å². The van der Waals surface area contributed by atoms with Gasteiger partial charge in [0.2, 0.25) is 5.79 Å². The molecule has 5 N–H and O–H groups in total. The van der Waals surface area contributed by atoms with E-state index in [0.29, 0.717) is 10.9 Å². The van der Waals surface area contributed by atoms with Gasteiger partial charge in [0.1, 0.15) is 12.2 Å². The van der Waals surface area contributed by atoms with E-state index in [1.54, 1.807) is 0 Å². The number of hydrogen-bond donors (Lipinski definition) is 5. The number of aliphatic hydroxyl groups excluding tert-OH is 3. The molecule has 9 heteroatoms. The Morgan fingerprint density at radius 2 is 1.67 bits per heavy atom. The minimum atomic E-state index is -2.42. The van der Waals surface area contributed by atoms with Crippen molar-refractivity contribution < 1.29 is 39.4 Å². The monoisotopic (exact) mass is 529 g/mol. The Labute approximate surface area is 222 Å². The van der Waals surface area contributed by atoms with Crippen LogP contribution < -0.4 is 4.74 Å². The molecule has 2 heterocycles. The molecule has 0 spiro atoms. The lowest BCUT2D eigenvalue weighted by Crippen LogP contribution is -2.46. The summed E-state index contributed by atoms with van der Waals surface area (Å²) in [4.78, 5) is 16.6. The zero-order valence-corrected chi connectivity index (χ0v) is 20.8. The number of H-pyrrole nitrogens is 1. The number of rotatable bonds is 7. The van der Waals surface area contributed by atoms with E-state index in [-0.39, 0.29) is 18.1 Å². The molecule has 0 amide bonds. The van der Waals surface area contributed by atoms with Crippen LogP contribution in [0.2, 0.25) is 0 Å². The maximum absolute atomic E-state index is 13.5. The van der Waals surface area contributed by atoms with E-state index < -0.39 is 43.3 Å². The molecule has 0 bridgehead atoms. The molecular formula is C30H27NO8. The molecule has 1 aliphatic heterocycles. The summed E-state index contributed by atoms with van der Waals surface area (Å²) in [7, 11) is 0. The highest BCUT2D eigenvalue weighted by Gasteiger charge is 2.57. The summed E-state index contributed by atoms with van der Waals surface area (Å²) in [6.45, 7) is -1.38. The second kappa shape index (κ2) is 10.0. The van der Waals surface area contributed by atoms with Crippen molar-refractivity contribution >= 4 is 38.4 Å². The van der Waals surface area contributed by atoms with Crippen molar-refractivity contribution in [2.24, 2.45) is 0 Å². The number of aliphatic hydroxyl groups is 4. The lowest BCUT2D eigenvalue weighted by molar-refractivity contribution is -0.246. The fourth-order valence-corrected chi connectivity index (χ4v) is 5.15. The van der Waals surface area contributed by atoms with Gasteiger partial charge in [-0.25, -0.2) is 4.79 Å². The van der Waals surface area contributed by atoms with Gasteiger partial charge in [-0.05, 0) is 45.3 Å². The van der Waals surface area contributed by atoms with Gasteiger partial charge in [-0.1, -0.05) is 60.7 Å². The average molecular weight is 530 g/mol. The van der Waals surface area contributed by atoms with Crippen molar-refractivity contribution in [3.05, 3.63) is 90.1 Å². The minimum absolute atomic E-state index is 0.0178. The van der Waals surface area contributed by atoms with E-state index in [2.05, 4.69) is 4.98 Å². The van der Waals surface area contributed by atoms with E-state index in [1.165, 1.54) is 0 Å². The number of esters is 1. The highest BCUT2D eigenvalue weighted by Crippen LogP contribution is 2.39. The van der Waals surface area contributed by atoms with Gasteiger partial charge >= 0.3 is 5.97 Å². The Bertz CT molecular complexity index is 1670. The van der Waals surface area contributed by atoms with Crippen LogP contribution in [0.15, 0.2) is 78.9 Å². The summed E-state index contributed by atoms with van der Waals surface area (Å²) in [5, 5.41) is 45.5. The molecule has 0 radical (unpaired) electrons. The van der Waals surface area contributed by atoms with Gasteiger partial charge in [-0.15, -0.1) is 0 Å². The number of carbonyl (C=O) groups excluding carboxylic acids is 1. The molecule has 0 unspecified atom stereocenters. The number of aromatic amines is 1. The quantitative estimate of drug-likeness (QED) is 0.160. The fourth-order valence-electron chi connectivity index (χ4n) is 5.15. The Hall–Kier alpha value is -3.83. The maximum Gasteiger partial charge on any atom is 0.343 e. The first-order valence-corrected chi connectivity index (χ1v) is 12.5. The van der Waals surface area contributed by atoms with Crippen LogP contribution in [0.1, 0.15) is 11.3 Å². The second-order valence-corrected chi connectivity index (χ2v) is 9.67. The van der Waals surface area contributed by atoms with Crippen molar-refractivity contribution in [1.29, 1.82) is 0 Å². The molecule has 4 atom stereocenters. The number of nitrogens with one attached hydrogen (secondary N) is 1. The Kier molecular flexibility index (Phi) is 6.56. The summed E-state index contributed by atoms with van der Waals surface area (Å²) < 4.78 is 17.1. The number of hydrogen-bond acceptors (Lipinski definition) is 8. The lowest BCUT2D eigenvalue weighted by Gasteiger charge is -2.23. The molecule has 1 saturated heterocycles. The van der Waals surface area contributed by atoms with E-state index in [4.69, 9.17) is 14.2 Å². The van der Waals surface area contributed by atoms with E-state index in [0.717, 1.165) is 27.1 Å². The van der Waals surface area contributed by atoms with Crippen LogP contribution in [0.5, 0.6) is 5.75 Å². The normalized spacial score (nSPS) is 23.1. The summed E-state index contributed by atoms with van der Waals surface area (Å²) in [6, 6.07) is 24.8. The van der Waals surface area contributed by atoms with Gasteiger partial charge in [0.25, 0.3) is 0 Å². The van der Waals surface area contributed by atoms with Crippen LogP contribution in [0, 0.1) is 0 Å². The zero-order chi connectivity index (χ0) is 27.1. The molecule has 6 rings (SSSR count). The van der Waals surface area contributed by atoms with Crippen LogP contribution in [-0.2, 0) is 27.5 Å². The van der Waals surface area contributed by atoms with Crippen molar-refractivity contribution in [3.63, 3.8) is 0 Å². The average Bonchev–Trinajstić information content (AvgIpc) is 3.45. The third-order valence-corrected chi connectivity index (χ3v) is 7.18. The molecule has 1 fully saturated rings. The number of fused-ring (bicyclic) bond motifs is 4. The molecular weight excluding hydrogens is 502 g/mol. The maximum atomic E-state index is 13.5. The van der Waals surface area contributed by atoms with Crippen molar-refractivity contribution in [2.45, 2.75) is 37.3 Å².